The zero-order valence-corrected chi connectivity index (χ0v) is 10.4. The molecule has 2 N–H and O–H groups in total. The number of nitro groups is 1. The fourth-order valence-corrected chi connectivity index (χ4v) is 2.84. The summed E-state index contributed by atoms with van der Waals surface area (Å²) in [5.41, 5.74) is 6.32. The lowest BCUT2D eigenvalue weighted by Gasteiger charge is -2.24. The molecular formula is C13H17FN2O2. The first kappa shape index (κ1) is 13.0. The van der Waals surface area contributed by atoms with Crippen LogP contribution in [0.4, 0.5) is 10.1 Å². The van der Waals surface area contributed by atoms with Gasteiger partial charge in [0.1, 0.15) is 5.82 Å². The van der Waals surface area contributed by atoms with Crippen LogP contribution in [-0.2, 0) is 6.42 Å². The molecule has 18 heavy (non-hydrogen) atoms. The quantitative estimate of drug-likeness (QED) is 0.664. The Hall–Kier alpha value is -1.49. The molecule has 0 heterocycles. The van der Waals surface area contributed by atoms with Crippen molar-refractivity contribution in [2.45, 2.75) is 38.1 Å². The van der Waals surface area contributed by atoms with E-state index in [4.69, 9.17) is 5.73 Å². The van der Waals surface area contributed by atoms with E-state index in [2.05, 4.69) is 6.92 Å². The number of nitro benzene ring substituents is 1. The van der Waals surface area contributed by atoms with Gasteiger partial charge >= 0.3 is 0 Å². The highest BCUT2D eigenvalue weighted by Gasteiger charge is 2.34. The highest BCUT2D eigenvalue weighted by Crippen LogP contribution is 2.35. The minimum absolute atomic E-state index is 0.209. The van der Waals surface area contributed by atoms with E-state index in [0.29, 0.717) is 17.9 Å². The molecule has 0 saturated heterocycles. The van der Waals surface area contributed by atoms with Crippen molar-refractivity contribution in [1.29, 1.82) is 0 Å². The van der Waals surface area contributed by atoms with Crippen LogP contribution in [0.1, 0.15) is 31.7 Å². The average Bonchev–Trinajstić information content (AvgIpc) is 2.57. The van der Waals surface area contributed by atoms with E-state index >= 15 is 0 Å². The molecular weight excluding hydrogens is 235 g/mol. The molecule has 5 heteroatoms. The predicted octanol–water partition coefficient (Wildman–Crippen LogP) is 2.79. The molecule has 0 spiro atoms. The Morgan fingerprint density at radius 2 is 2.28 bits per heavy atom. The Kier molecular flexibility index (Phi) is 3.34. The number of halogens is 1. The molecule has 0 radical (unpaired) electrons. The highest BCUT2D eigenvalue weighted by atomic mass is 19.1. The standard InChI is InChI=1S/C13H17FN2O2/c1-9-2-3-13(15,7-9)8-10-4-11(14)6-12(5-10)16(17)18/h4-6,9H,2-3,7-8,15H2,1H3. The number of nitrogens with zero attached hydrogens (tertiary/aromatic N) is 1. The summed E-state index contributed by atoms with van der Waals surface area (Å²) in [4.78, 5) is 10.1. The summed E-state index contributed by atoms with van der Waals surface area (Å²) in [6.07, 6.45) is 3.33. The van der Waals surface area contributed by atoms with Gasteiger partial charge in [-0.05, 0) is 43.2 Å². The average molecular weight is 252 g/mol. The number of nitrogens with two attached hydrogens (primary N) is 1. The summed E-state index contributed by atoms with van der Waals surface area (Å²) in [6, 6.07) is 3.69. The first-order valence-electron chi connectivity index (χ1n) is 6.11. The van der Waals surface area contributed by atoms with Crippen LogP contribution < -0.4 is 5.73 Å². The zero-order valence-electron chi connectivity index (χ0n) is 10.4. The Labute approximate surface area is 105 Å². The van der Waals surface area contributed by atoms with Gasteiger partial charge in [-0.1, -0.05) is 6.92 Å². The molecule has 0 aromatic heterocycles. The van der Waals surface area contributed by atoms with E-state index < -0.39 is 10.7 Å². The van der Waals surface area contributed by atoms with Gasteiger partial charge in [-0.15, -0.1) is 0 Å². The third-order valence-corrected chi connectivity index (χ3v) is 3.60. The topological polar surface area (TPSA) is 69.2 Å². The summed E-state index contributed by atoms with van der Waals surface area (Å²) in [5, 5.41) is 10.7. The van der Waals surface area contributed by atoms with Crippen LogP contribution in [0.3, 0.4) is 0 Å². The highest BCUT2D eigenvalue weighted by molar-refractivity contribution is 5.36. The Bertz CT molecular complexity index is 478. The van der Waals surface area contributed by atoms with Crippen molar-refractivity contribution in [3.05, 3.63) is 39.7 Å². The SMILES string of the molecule is CC1CCC(N)(Cc2cc(F)cc([N+](=O)[O-])c2)C1. The van der Waals surface area contributed by atoms with Gasteiger partial charge in [0, 0.05) is 11.6 Å². The minimum Gasteiger partial charge on any atom is -0.325 e. The van der Waals surface area contributed by atoms with Crippen LogP contribution in [0.2, 0.25) is 0 Å². The lowest BCUT2D eigenvalue weighted by Crippen LogP contribution is -2.39. The van der Waals surface area contributed by atoms with Crippen molar-refractivity contribution >= 4 is 5.69 Å². The molecule has 1 aromatic carbocycles. The lowest BCUT2D eigenvalue weighted by atomic mass is 9.89. The molecule has 0 bridgehead atoms. The molecule has 1 fully saturated rings. The molecule has 1 aromatic rings. The smallest absolute Gasteiger partial charge is 0.272 e. The Balaban J connectivity index is 2.21. The van der Waals surface area contributed by atoms with E-state index in [-0.39, 0.29) is 11.2 Å². The normalized spacial score (nSPS) is 27.4. The van der Waals surface area contributed by atoms with Gasteiger partial charge in [-0.2, -0.15) is 0 Å². The first-order valence-corrected chi connectivity index (χ1v) is 6.11. The van der Waals surface area contributed by atoms with Crippen molar-refractivity contribution < 1.29 is 9.31 Å². The Morgan fingerprint density at radius 3 is 2.83 bits per heavy atom. The van der Waals surface area contributed by atoms with E-state index in [1.54, 1.807) is 0 Å². The van der Waals surface area contributed by atoms with Gasteiger partial charge in [0.05, 0.1) is 11.0 Å². The van der Waals surface area contributed by atoms with Crippen molar-refractivity contribution in [1.82, 2.24) is 0 Å². The van der Waals surface area contributed by atoms with Crippen LogP contribution in [-0.4, -0.2) is 10.5 Å². The fraction of sp³-hybridized carbons (Fsp3) is 0.538. The van der Waals surface area contributed by atoms with E-state index in [0.717, 1.165) is 25.3 Å². The van der Waals surface area contributed by atoms with Gasteiger partial charge < -0.3 is 5.73 Å². The van der Waals surface area contributed by atoms with Gasteiger partial charge in [-0.25, -0.2) is 4.39 Å². The van der Waals surface area contributed by atoms with Gasteiger partial charge in [-0.3, -0.25) is 10.1 Å². The molecule has 4 nitrogen and oxygen atoms in total. The number of benzene rings is 1. The van der Waals surface area contributed by atoms with Crippen LogP contribution >= 0.6 is 0 Å². The second kappa shape index (κ2) is 4.65. The second-order valence-corrected chi connectivity index (χ2v) is 5.46. The molecule has 0 amide bonds. The molecule has 2 rings (SSSR count). The van der Waals surface area contributed by atoms with Crippen molar-refractivity contribution in [2.75, 3.05) is 0 Å². The molecule has 98 valence electrons. The van der Waals surface area contributed by atoms with Crippen molar-refractivity contribution in [3.63, 3.8) is 0 Å². The maximum atomic E-state index is 13.3. The molecule has 1 aliphatic rings. The van der Waals surface area contributed by atoms with Crippen molar-refractivity contribution in [2.24, 2.45) is 11.7 Å². The molecule has 2 atom stereocenters. The van der Waals surface area contributed by atoms with Crippen molar-refractivity contribution in [3.8, 4) is 0 Å². The monoisotopic (exact) mass is 252 g/mol. The fourth-order valence-electron chi connectivity index (χ4n) is 2.84. The summed E-state index contributed by atoms with van der Waals surface area (Å²) < 4.78 is 13.3. The summed E-state index contributed by atoms with van der Waals surface area (Å²) in [6.45, 7) is 2.14. The summed E-state index contributed by atoms with van der Waals surface area (Å²) in [7, 11) is 0. The number of hydrogen-bond donors (Lipinski definition) is 1. The van der Waals surface area contributed by atoms with Gasteiger partial charge in [0.15, 0.2) is 0 Å². The van der Waals surface area contributed by atoms with Gasteiger partial charge in [0.2, 0.25) is 0 Å². The van der Waals surface area contributed by atoms with Crippen LogP contribution in [0.15, 0.2) is 18.2 Å². The van der Waals surface area contributed by atoms with E-state index in [1.165, 1.54) is 12.1 Å². The third kappa shape index (κ3) is 2.85. The first-order chi connectivity index (χ1) is 8.38. The molecule has 1 saturated carbocycles. The van der Waals surface area contributed by atoms with Crippen LogP contribution in [0, 0.1) is 21.8 Å². The van der Waals surface area contributed by atoms with Crippen LogP contribution in [0.5, 0.6) is 0 Å². The molecule has 0 aliphatic heterocycles. The molecule has 1 aliphatic carbocycles. The third-order valence-electron chi connectivity index (χ3n) is 3.60. The van der Waals surface area contributed by atoms with Crippen LogP contribution in [0.25, 0.3) is 0 Å². The maximum Gasteiger partial charge on any atom is 0.272 e. The number of rotatable bonds is 3. The second-order valence-electron chi connectivity index (χ2n) is 5.46. The number of hydrogen-bond acceptors (Lipinski definition) is 3. The summed E-state index contributed by atoms with van der Waals surface area (Å²) >= 11 is 0. The zero-order chi connectivity index (χ0) is 13.3. The van der Waals surface area contributed by atoms with E-state index in [1.807, 2.05) is 0 Å². The lowest BCUT2D eigenvalue weighted by molar-refractivity contribution is -0.385. The van der Waals surface area contributed by atoms with Gasteiger partial charge in [0.25, 0.3) is 5.69 Å². The van der Waals surface area contributed by atoms with E-state index in [9.17, 15) is 14.5 Å². The largest absolute Gasteiger partial charge is 0.325 e. The summed E-state index contributed by atoms with van der Waals surface area (Å²) in [5.74, 6) is -0.00705. The Morgan fingerprint density at radius 1 is 1.56 bits per heavy atom. The minimum atomic E-state index is -0.576. The maximum absolute atomic E-state index is 13.3. The number of non-ortho nitro benzene ring substituents is 1. The predicted molar refractivity (Wildman–Crippen MR) is 66.7 cm³/mol. The molecule has 2 unspecified atom stereocenters.